The zero-order valence-corrected chi connectivity index (χ0v) is 16.4. The average Bonchev–Trinajstić information content (AvgIpc) is 2.54. The van der Waals surface area contributed by atoms with E-state index in [-0.39, 0.29) is 36.3 Å². The van der Waals surface area contributed by atoms with E-state index in [0.717, 1.165) is 5.69 Å². The van der Waals surface area contributed by atoms with E-state index < -0.39 is 12.6 Å². The molecular formula is C16H23F4IN4. The van der Waals surface area contributed by atoms with Crippen molar-refractivity contribution in [1.29, 1.82) is 0 Å². The van der Waals surface area contributed by atoms with Gasteiger partial charge in [-0.25, -0.2) is 4.39 Å². The number of hydrogen-bond acceptors (Lipinski definition) is 2. The maximum absolute atomic E-state index is 13.0. The Morgan fingerprint density at radius 3 is 2.24 bits per heavy atom. The van der Waals surface area contributed by atoms with E-state index in [1.54, 1.807) is 12.1 Å². The zero-order valence-electron chi connectivity index (χ0n) is 14.0. The summed E-state index contributed by atoms with van der Waals surface area (Å²) in [6, 6.07) is 6.30. The van der Waals surface area contributed by atoms with Gasteiger partial charge in [0.2, 0.25) is 0 Å². The number of nitrogens with zero attached hydrogens (tertiary/aromatic N) is 3. The number of rotatable bonds is 4. The second kappa shape index (κ2) is 10.0. The Bertz CT molecular complexity index is 540. The largest absolute Gasteiger partial charge is 0.390 e. The van der Waals surface area contributed by atoms with E-state index in [0.29, 0.717) is 38.7 Å². The van der Waals surface area contributed by atoms with Crippen molar-refractivity contribution in [3.05, 3.63) is 30.1 Å². The third-order valence-electron chi connectivity index (χ3n) is 3.76. The molecular weight excluding hydrogens is 451 g/mol. The number of guanidine groups is 1. The molecule has 0 radical (unpaired) electrons. The van der Waals surface area contributed by atoms with Crippen LogP contribution >= 0.6 is 24.0 Å². The lowest BCUT2D eigenvalue weighted by atomic mass is 10.2. The van der Waals surface area contributed by atoms with Crippen molar-refractivity contribution in [3.8, 4) is 0 Å². The van der Waals surface area contributed by atoms with Crippen LogP contribution in [0, 0.1) is 5.82 Å². The van der Waals surface area contributed by atoms with Gasteiger partial charge in [-0.3, -0.25) is 4.99 Å². The van der Waals surface area contributed by atoms with Crippen LogP contribution in [0.15, 0.2) is 29.3 Å². The van der Waals surface area contributed by atoms with Gasteiger partial charge in [-0.05, 0) is 31.2 Å². The molecule has 0 spiro atoms. The van der Waals surface area contributed by atoms with E-state index in [1.807, 2.05) is 11.8 Å². The molecule has 1 fully saturated rings. The molecule has 0 amide bonds. The van der Waals surface area contributed by atoms with Crippen molar-refractivity contribution < 1.29 is 17.6 Å². The molecule has 1 aromatic carbocycles. The minimum absolute atomic E-state index is 0. The molecule has 1 aromatic rings. The van der Waals surface area contributed by atoms with Crippen LogP contribution in [-0.2, 0) is 0 Å². The highest BCUT2D eigenvalue weighted by Gasteiger charge is 2.26. The first kappa shape index (κ1) is 21.8. The number of halogens is 5. The van der Waals surface area contributed by atoms with Gasteiger partial charge in [0.25, 0.3) is 0 Å². The summed E-state index contributed by atoms with van der Waals surface area (Å²) < 4.78 is 49.8. The first-order valence-electron chi connectivity index (χ1n) is 7.99. The summed E-state index contributed by atoms with van der Waals surface area (Å²) in [6.45, 7) is 4.91. The summed E-state index contributed by atoms with van der Waals surface area (Å²) in [5, 5.41) is 3.04. The fourth-order valence-corrected chi connectivity index (χ4v) is 2.54. The molecule has 1 aliphatic heterocycles. The van der Waals surface area contributed by atoms with Crippen LogP contribution in [0.4, 0.5) is 23.2 Å². The first-order chi connectivity index (χ1) is 11.4. The second-order valence-corrected chi connectivity index (χ2v) is 5.55. The van der Waals surface area contributed by atoms with E-state index in [4.69, 9.17) is 0 Å². The minimum Gasteiger partial charge on any atom is -0.368 e. The van der Waals surface area contributed by atoms with Gasteiger partial charge in [0.05, 0.1) is 13.0 Å². The Labute approximate surface area is 162 Å². The van der Waals surface area contributed by atoms with Crippen LogP contribution in [0.1, 0.15) is 13.3 Å². The standard InChI is InChI=1S/C16H22F4N4.HI/c1-2-21-15(22-8-7-16(18,19)20)24-11-9-23(10-12-24)14-5-3-13(17)4-6-14;/h3-6H,2,7-12H2,1H3,(H,21,22);1H. The summed E-state index contributed by atoms with van der Waals surface area (Å²) in [4.78, 5) is 8.15. The number of benzene rings is 1. The van der Waals surface area contributed by atoms with Crippen molar-refractivity contribution in [3.63, 3.8) is 0 Å². The Hall–Kier alpha value is -1.26. The lowest BCUT2D eigenvalue weighted by Gasteiger charge is -2.37. The third kappa shape index (κ3) is 7.25. The van der Waals surface area contributed by atoms with Crippen molar-refractivity contribution in [1.82, 2.24) is 10.2 Å². The quantitative estimate of drug-likeness (QED) is 0.314. The summed E-state index contributed by atoms with van der Waals surface area (Å²) in [7, 11) is 0. The van der Waals surface area contributed by atoms with Gasteiger partial charge in [-0.1, -0.05) is 0 Å². The van der Waals surface area contributed by atoms with Crippen LogP contribution in [0.2, 0.25) is 0 Å². The molecule has 142 valence electrons. The monoisotopic (exact) mass is 474 g/mol. The molecule has 0 atom stereocenters. The molecule has 4 nitrogen and oxygen atoms in total. The first-order valence-corrected chi connectivity index (χ1v) is 7.99. The molecule has 0 aliphatic carbocycles. The van der Waals surface area contributed by atoms with Crippen LogP contribution in [0.5, 0.6) is 0 Å². The topological polar surface area (TPSA) is 30.9 Å². The van der Waals surface area contributed by atoms with Crippen molar-refractivity contribution in [2.45, 2.75) is 19.5 Å². The normalized spacial score (nSPS) is 15.8. The fraction of sp³-hybridized carbons (Fsp3) is 0.562. The number of piperazine rings is 1. The van der Waals surface area contributed by atoms with Crippen LogP contribution in [0.25, 0.3) is 0 Å². The maximum Gasteiger partial charge on any atom is 0.390 e. The lowest BCUT2D eigenvalue weighted by molar-refractivity contribution is -0.132. The number of hydrogen-bond donors (Lipinski definition) is 1. The van der Waals surface area contributed by atoms with Crippen molar-refractivity contribution in [2.75, 3.05) is 44.2 Å². The average molecular weight is 474 g/mol. The van der Waals surface area contributed by atoms with Crippen molar-refractivity contribution in [2.24, 2.45) is 4.99 Å². The number of alkyl halides is 3. The van der Waals surface area contributed by atoms with Crippen molar-refractivity contribution >= 4 is 35.6 Å². The maximum atomic E-state index is 13.0. The second-order valence-electron chi connectivity index (χ2n) is 5.55. The van der Waals surface area contributed by atoms with Gasteiger partial charge in [-0.15, -0.1) is 24.0 Å². The highest BCUT2D eigenvalue weighted by Crippen LogP contribution is 2.19. The van der Waals surface area contributed by atoms with Crippen LogP contribution in [-0.4, -0.2) is 56.3 Å². The number of nitrogens with one attached hydrogen (secondary N) is 1. The van der Waals surface area contributed by atoms with E-state index in [1.165, 1.54) is 12.1 Å². The van der Waals surface area contributed by atoms with Gasteiger partial charge in [0.1, 0.15) is 5.82 Å². The molecule has 1 heterocycles. The molecule has 9 heteroatoms. The Morgan fingerprint density at radius 2 is 1.72 bits per heavy atom. The Balaban J connectivity index is 0.00000312. The minimum atomic E-state index is -4.19. The third-order valence-corrected chi connectivity index (χ3v) is 3.76. The number of anilines is 1. The van der Waals surface area contributed by atoms with Gasteiger partial charge >= 0.3 is 6.18 Å². The van der Waals surface area contributed by atoms with Gasteiger partial charge < -0.3 is 15.1 Å². The molecule has 0 saturated carbocycles. The van der Waals surface area contributed by atoms with Gasteiger partial charge in [0.15, 0.2) is 5.96 Å². The van der Waals surface area contributed by atoms with E-state index in [2.05, 4.69) is 15.2 Å². The van der Waals surface area contributed by atoms with E-state index in [9.17, 15) is 17.6 Å². The fourth-order valence-electron chi connectivity index (χ4n) is 2.54. The summed E-state index contributed by atoms with van der Waals surface area (Å²) in [6.07, 6.45) is -5.11. The molecule has 0 unspecified atom stereocenters. The Kier molecular flexibility index (Phi) is 8.74. The summed E-state index contributed by atoms with van der Waals surface area (Å²) in [5.74, 6) is 0.240. The molecule has 0 aromatic heterocycles. The molecule has 25 heavy (non-hydrogen) atoms. The van der Waals surface area contributed by atoms with Gasteiger partial charge in [0, 0.05) is 38.4 Å². The molecule has 0 bridgehead atoms. The lowest BCUT2D eigenvalue weighted by Crippen LogP contribution is -2.52. The zero-order chi connectivity index (χ0) is 17.6. The predicted octanol–water partition coefficient (Wildman–Crippen LogP) is 3.48. The molecule has 2 rings (SSSR count). The van der Waals surface area contributed by atoms with Crippen LogP contribution < -0.4 is 10.2 Å². The van der Waals surface area contributed by atoms with E-state index >= 15 is 0 Å². The smallest absolute Gasteiger partial charge is 0.368 e. The summed E-state index contributed by atoms with van der Waals surface area (Å²) >= 11 is 0. The van der Waals surface area contributed by atoms with Crippen LogP contribution in [0.3, 0.4) is 0 Å². The molecule has 1 aliphatic rings. The number of aliphatic imine (C=N–C) groups is 1. The van der Waals surface area contributed by atoms with Gasteiger partial charge in [-0.2, -0.15) is 13.2 Å². The molecule has 1 saturated heterocycles. The highest BCUT2D eigenvalue weighted by molar-refractivity contribution is 14.0. The highest BCUT2D eigenvalue weighted by atomic mass is 127. The summed E-state index contributed by atoms with van der Waals surface area (Å²) in [5.41, 5.74) is 0.940. The Morgan fingerprint density at radius 1 is 1.12 bits per heavy atom. The SMILES string of the molecule is CCNC(=NCCC(F)(F)F)N1CCN(c2ccc(F)cc2)CC1.I. The predicted molar refractivity (Wildman–Crippen MR) is 102 cm³/mol. The molecule has 1 N–H and O–H groups in total.